The topological polar surface area (TPSA) is 77.7 Å². The highest BCUT2D eigenvalue weighted by Crippen LogP contribution is 2.54. The first-order chi connectivity index (χ1) is 19.4. The van der Waals surface area contributed by atoms with Crippen LogP contribution in [0, 0.1) is 0 Å². The third-order valence-corrected chi connectivity index (χ3v) is 9.55. The highest BCUT2D eigenvalue weighted by molar-refractivity contribution is 6.31. The van der Waals surface area contributed by atoms with Gasteiger partial charge in [-0.3, -0.25) is 9.59 Å². The molecule has 5 heterocycles. The molecule has 8 nitrogen and oxygen atoms in total. The molecular formula is C32H32N4O4. The van der Waals surface area contributed by atoms with E-state index in [1.807, 2.05) is 37.1 Å². The number of carbonyl (C=O) groups excluding carboxylic acids is 2. The van der Waals surface area contributed by atoms with E-state index in [9.17, 15) is 9.59 Å². The number of ether oxygens (including phenoxy) is 2. The molecule has 2 unspecified atom stereocenters. The molecule has 0 spiro atoms. The summed E-state index contributed by atoms with van der Waals surface area (Å²) >= 11 is 0. The van der Waals surface area contributed by atoms with Crippen molar-refractivity contribution in [3.63, 3.8) is 0 Å². The second-order valence-electron chi connectivity index (χ2n) is 11.6. The number of amides is 2. The van der Waals surface area contributed by atoms with Gasteiger partial charge in [-0.25, -0.2) is 0 Å². The Balaban J connectivity index is 1.58. The van der Waals surface area contributed by atoms with E-state index in [-0.39, 0.29) is 24.1 Å². The average Bonchev–Trinajstić information content (AvgIpc) is 3.60. The molecule has 1 N–H and O–H groups in total. The summed E-state index contributed by atoms with van der Waals surface area (Å²) in [7, 11) is 3.61. The van der Waals surface area contributed by atoms with Gasteiger partial charge in [0, 0.05) is 55.1 Å². The Morgan fingerprint density at radius 1 is 1.10 bits per heavy atom. The predicted molar refractivity (Wildman–Crippen MR) is 154 cm³/mol. The zero-order valence-corrected chi connectivity index (χ0v) is 23.2. The molecule has 3 aromatic carbocycles. The number of likely N-dealkylation sites (N-methyl/N-ethyl adjacent to an activating group) is 1. The number of hydrogen-bond donors (Lipinski definition) is 1. The molecule has 0 saturated carbocycles. The first kappa shape index (κ1) is 24.0. The predicted octanol–water partition coefficient (Wildman–Crippen LogP) is 5.39. The Bertz CT molecular complexity index is 1920. The minimum Gasteiger partial charge on any atom is -0.374 e. The van der Waals surface area contributed by atoms with Gasteiger partial charge in [-0.1, -0.05) is 43.3 Å². The van der Waals surface area contributed by atoms with Gasteiger partial charge in [0.1, 0.15) is 12.3 Å². The first-order valence-corrected chi connectivity index (χ1v) is 14.2. The van der Waals surface area contributed by atoms with E-state index < -0.39 is 11.8 Å². The lowest BCUT2D eigenvalue weighted by Crippen LogP contribution is -2.61. The molecule has 2 amide bonds. The second-order valence-corrected chi connectivity index (χ2v) is 11.6. The molecule has 8 heteroatoms. The summed E-state index contributed by atoms with van der Waals surface area (Å²) in [5.74, 6) is 0.0727. The summed E-state index contributed by atoms with van der Waals surface area (Å²) in [4.78, 5) is 28.6. The number of nitrogens with one attached hydrogen (secondary N) is 1. The van der Waals surface area contributed by atoms with E-state index in [0.717, 1.165) is 61.2 Å². The number of benzene rings is 3. The van der Waals surface area contributed by atoms with Crippen LogP contribution in [0.2, 0.25) is 0 Å². The van der Waals surface area contributed by atoms with Gasteiger partial charge >= 0.3 is 0 Å². The van der Waals surface area contributed by atoms with Crippen molar-refractivity contribution in [3.8, 4) is 0 Å². The molecule has 3 aliphatic heterocycles. The van der Waals surface area contributed by atoms with Gasteiger partial charge in [0.05, 0.1) is 33.7 Å². The highest BCUT2D eigenvalue weighted by Gasteiger charge is 2.54. The van der Waals surface area contributed by atoms with Crippen LogP contribution >= 0.6 is 0 Å². The van der Waals surface area contributed by atoms with Crippen LogP contribution < -0.4 is 5.32 Å². The lowest BCUT2D eigenvalue weighted by Gasteiger charge is -2.50. The number of hydrogen-bond acceptors (Lipinski definition) is 4. The molecule has 1 saturated heterocycles. The molecular weight excluding hydrogens is 504 g/mol. The van der Waals surface area contributed by atoms with Crippen LogP contribution in [-0.4, -0.2) is 52.2 Å². The summed E-state index contributed by atoms with van der Waals surface area (Å²) in [5, 5.41) is 7.30. The van der Waals surface area contributed by atoms with E-state index in [2.05, 4.69) is 51.7 Å². The van der Waals surface area contributed by atoms with E-state index in [4.69, 9.17) is 9.47 Å². The minimum absolute atomic E-state index is 0.0338. The van der Waals surface area contributed by atoms with Crippen molar-refractivity contribution < 1.29 is 19.1 Å². The smallest absolute Gasteiger partial charge is 0.252 e. The monoisotopic (exact) mass is 536 g/mol. The molecule has 5 aromatic rings. The molecule has 0 radical (unpaired) electrons. The van der Waals surface area contributed by atoms with Crippen molar-refractivity contribution in [3.05, 3.63) is 59.7 Å². The number of nitrogens with zero attached hydrogens (tertiary/aromatic N) is 3. The van der Waals surface area contributed by atoms with Gasteiger partial charge in [0.25, 0.3) is 5.91 Å². The maximum absolute atomic E-state index is 13.5. The van der Waals surface area contributed by atoms with Crippen molar-refractivity contribution in [1.29, 1.82) is 0 Å². The minimum atomic E-state index is -0.929. The van der Waals surface area contributed by atoms with Crippen LogP contribution in [-0.2, 0) is 26.5 Å². The Labute approximate surface area is 231 Å². The molecule has 3 aliphatic rings. The number of carbonyl (C=O) groups is 2. The van der Waals surface area contributed by atoms with Gasteiger partial charge in [-0.05, 0) is 31.0 Å². The van der Waals surface area contributed by atoms with Gasteiger partial charge in [-0.15, -0.1) is 0 Å². The van der Waals surface area contributed by atoms with Crippen molar-refractivity contribution in [1.82, 2.24) is 19.4 Å². The molecule has 2 aromatic heterocycles. The van der Waals surface area contributed by atoms with Crippen molar-refractivity contribution in [2.75, 3.05) is 14.2 Å². The average molecular weight is 537 g/mol. The Kier molecular flexibility index (Phi) is 4.84. The van der Waals surface area contributed by atoms with Crippen LogP contribution in [0.4, 0.5) is 0 Å². The van der Waals surface area contributed by atoms with Crippen molar-refractivity contribution in [2.45, 2.75) is 63.8 Å². The highest BCUT2D eigenvalue weighted by atomic mass is 16.6. The molecule has 2 bridgehead atoms. The number of rotatable bonds is 4. The number of fused-ring (bicyclic) bond motifs is 13. The molecule has 40 heavy (non-hydrogen) atoms. The number of para-hydroxylation sites is 2. The van der Waals surface area contributed by atoms with E-state index in [1.165, 1.54) is 0 Å². The van der Waals surface area contributed by atoms with Gasteiger partial charge in [0.2, 0.25) is 5.91 Å². The SMILES string of the molecule is CCCC(=O)N(C)C1C[C@H]2O[C@@](C)(C1OC)n1c3ccccc3c3c4c(c5c6ccccc6n2c5c31)C(=O)NC4. The lowest BCUT2D eigenvalue weighted by molar-refractivity contribution is -0.266. The summed E-state index contributed by atoms with van der Waals surface area (Å²) in [6.07, 6.45) is 1.05. The van der Waals surface area contributed by atoms with Crippen LogP contribution in [0.3, 0.4) is 0 Å². The number of methoxy groups -OCH3 is 1. The van der Waals surface area contributed by atoms with E-state index >= 15 is 0 Å². The molecule has 204 valence electrons. The fraction of sp³-hybridized carbons (Fsp3) is 0.375. The van der Waals surface area contributed by atoms with Crippen LogP contribution in [0.25, 0.3) is 43.6 Å². The summed E-state index contributed by atoms with van der Waals surface area (Å²) in [5.41, 5.74) is 4.98. The largest absolute Gasteiger partial charge is 0.374 e. The van der Waals surface area contributed by atoms with Gasteiger partial charge < -0.3 is 28.8 Å². The van der Waals surface area contributed by atoms with Crippen molar-refractivity contribution >= 4 is 55.4 Å². The normalized spacial score (nSPS) is 25.2. The van der Waals surface area contributed by atoms with Crippen LogP contribution in [0.1, 0.15) is 55.3 Å². The summed E-state index contributed by atoms with van der Waals surface area (Å²) in [6, 6.07) is 16.4. The van der Waals surface area contributed by atoms with Crippen LogP contribution in [0.5, 0.6) is 0 Å². The van der Waals surface area contributed by atoms with E-state index in [1.54, 1.807) is 7.11 Å². The quantitative estimate of drug-likeness (QED) is 0.334. The number of aromatic nitrogens is 2. The molecule has 4 atom stereocenters. The third-order valence-electron chi connectivity index (χ3n) is 9.55. The fourth-order valence-corrected chi connectivity index (χ4v) is 7.97. The summed E-state index contributed by atoms with van der Waals surface area (Å²) < 4.78 is 18.1. The van der Waals surface area contributed by atoms with Crippen LogP contribution in [0.15, 0.2) is 48.5 Å². The lowest BCUT2D eigenvalue weighted by atomic mass is 9.91. The van der Waals surface area contributed by atoms with Gasteiger partial charge in [-0.2, -0.15) is 0 Å². The Morgan fingerprint density at radius 3 is 2.52 bits per heavy atom. The van der Waals surface area contributed by atoms with E-state index in [0.29, 0.717) is 19.4 Å². The Morgan fingerprint density at radius 2 is 1.80 bits per heavy atom. The second kappa shape index (κ2) is 8.08. The summed E-state index contributed by atoms with van der Waals surface area (Å²) in [6.45, 7) is 4.61. The Hall–Kier alpha value is -3.88. The molecule has 0 aliphatic carbocycles. The molecule has 1 fully saturated rings. The zero-order chi connectivity index (χ0) is 27.5. The van der Waals surface area contributed by atoms with Crippen molar-refractivity contribution in [2.24, 2.45) is 0 Å². The zero-order valence-electron chi connectivity index (χ0n) is 23.2. The first-order valence-electron chi connectivity index (χ1n) is 14.2. The molecule has 8 rings (SSSR count). The maximum atomic E-state index is 13.5. The standard InChI is InChI=1S/C32H32N4O4/c1-5-10-23(37)34(3)22-15-24-35-20-13-8-6-11-17(20)26-27-19(16-33-31(27)38)25-18-12-7-9-14-21(18)36(29(25)28(26)35)32(2,40-24)30(22)39-4/h6-9,11-14,22,24,30H,5,10,15-16H2,1-4H3,(H,33,38)/t22?,24-,30?,32+/m1/s1. The fourth-order valence-electron chi connectivity index (χ4n) is 7.97. The van der Waals surface area contributed by atoms with Gasteiger partial charge in [0.15, 0.2) is 5.72 Å². The third kappa shape index (κ3) is 2.73. The maximum Gasteiger partial charge on any atom is 0.252 e.